The molecule has 2 aromatic heterocycles. The van der Waals surface area contributed by atoms with Gasteiger partial charge in [-0.2, -0.15) is 0 Å². The number of aliphatic hydroxyl groups excluding tert-OH is 1. The van der Waals surface area contributed by atoms with Crippen LogP contribution in [0, 0.1) is 6.92 Å². The molecule has 0 aliphatic carbocycles. The molecule has 0 fully saturated rings. The van der Waals surface area contributed by atoms with Crippen molar-refractivity contribution in [2.75, 3.05) is 0 Å². The molecule has 3 aromatic rings. The third kappa shape index (κ3) is 2.08. The summed E-state index contributed by atoms with van der Waals surface area (Å²) in [6, 6.07) is 9.92. The van der Waals surface area contributed by atoms with E-state index in [1.54, 1.807) is 17.8 Å². The highest BCUT2D eigenvalue weighted by molar-refractivity contribution is 5.86. The van der Waals surface area contributed by atoms with Crippen molar-refractivity contribution in [2.45, 2.75) is 20.0 Å². The van der Waals surface area contributed by atoms with Crippen molar-refractivity contribution < 1.29 is 5.11 Å². The van der Waals surface area contributed by atoms with Crippen LogP contribution < -0.4 is 0 Å². The second-order valence-electron chi connectivity index (χ2n) is 4.57. The minimum atomic E-state index is -0.626. The third-order valence-electron chi connectivity index (χ3n) is 3.02. The van der Waals surface area contributed by atoms with E-state index < -0.39 is 6.10 Å². The van der Waals surface area contributed by atoms with E-state index in [1.165, 1.54) is 0 Å². The molecule has 5 nitrogen and oxygen atoms in total. The van der Waals surface area contributed by atoms with Crippen molar-refractivity contribution in [1.82, 2.24) is 20.0 Å². The molecule has 19 heavy (non-hydrogen) atoms. The monoisotopic (exact) mass is 254 g/mol. The van der Waals surface area contributed by atoms with E-state index >= 15 is 0 Å². The second-order valence-corrected chi connectivity index (χ2v) is 4.57. The Kier molecular flexibility index (Phi) is 2.76. The van der Waals surface area contributed by atoms with Crippen molar-refractivity contribution in [2.24, 2.45) is 0 Å². The number of hydrogen-bond donors (Lipinski definition) is 1. The van der Waals surface area contributed by atoms with Crippen LogP contribution in [0.1, 0.15) is 24.4 Å². The molecule has 0 saturated heterocycles. The van der Waals surface area contributed by atoms with Crippen molar-refractivity contribution in [1.29, 1.82) is 0 Å². The van der Waals surface area contributed by atoms with E-state index in [9.17, 15) is 5.11 Å². The topological polar surface area (TPSA) is 63.8 Å². The average molecular weight is 254 g/mol. The lowest BCUT2D eigenvalue weighted by atomic mass is 10.2. The molecule has 5 heteroatoms. The molecule has 2 heterocycles. The molecular weight excluding hydrogens is 240 g/mol. The lowest BCUT2D eigenvalue weighted by Crippen LogP contribution is -1.98. The van der Waals surface area contributed by atoms with E-state index in [-0.39, 0.29) is 0 Å². The smallest absolute Gasteiger partial charge is 0.111 e. The zero-order valence-electron chi connectivity index (χ0n) is 10.8. The molecule has 3 rings (SSSR count). The van der Waals surface area contributed by atoms with Crippen LogP contribution in [0.3, 0.4) is 0 Å². The predicted octanol–water partition coefficient (Wildman–Crippen LogP) is 2.18. The number of para-hydroxylation sites is 1. The minimum Gasteiger partial charge on any atom is -0.387 e. The van der Waals surface area contributed by atoms with Crippen LogP contribution in [0.15, 0.2) is 36.5 Å². The van der Waals surface area contributed by atoms with Gasteiger partial charge in [0.1, 0.15) is 5.69 Å². The van der Waals surface area contributed by atoms with Gasteiger partial charge in [0, 0.05) is 11.1 Å². The quantitative estimate of drug-likeness (QED) is 0.761. The molecule has 0 aliphatic rings. The van der Waals surface area contributed by atoms with Gasteiger partial charge in [-0.3, -0.25) is 4.98 Å². The molecule has 96 valence electrons. The second kappa shape index (κ2) is 4.44. The zero-order chi connectivity index (χ0) is 13.4. The van der Waals surface area contributed by atoms with Crippen LogP contribution in [-0.4, -0.2) is 25.1 Å². The molecule has 0 aliphatic heterocycles. The molecule has 1 unspecified atom stereocenters. The van der Waals surface area contributed by atoms with Crippen LogP contribution in [0.25, 0.3) is 16.6 Å². The van der Waals surface area contributed by atoms with Crippen molar-refractivity contribution in [3.63, 3.8) is 0 Å². The molecule has 1 atom stereocenters. The van der Waals surface area contributed by atoms with Gasteiger partial charge >= 0.3 is 0 Å². The maximum absolute atomic E-state index is 9.51. The summed E-state index contributed by atoms with van der Waals surface area (Å²) in [4.78, 5) is 4.55. The highest BCUT2D eigenvalue weighted by Crippen LogP contribution is 2.21. The Labute approximate surface area is 110 Å². The largest absolute Gasteiger partial charge is 0.387 e. The Morgan fingerprint density at radius 3 is 2.79 bits per heavy atom. The highest BCUT2D eigenvalue weighted by Gasteiger charge is 2.10. The molecule has 0 bridgehead atoms. The Bertz CT molecular complexity index is 733. The molecule has 0 saturated carbocycles. The van der Waals surface area contributed by atoms with E-state index in [1.807, 2.05) is 37.3 Å². The van der Waals surface area contributed by atoms with Crippen molar-refractivity contribution in [3.8, 4) is 5.69 Å². The molecule has 1 N–H and O–H groups in total. The fraction of sp³-hybridized carbons (Fsp3) is 0.214. The number of aromatic nitrogens is 4. The van der Waals surface area contributed by atoms with Gasteiger partial charge in [-0.05, 0) is 26.0 Å². The number of aliphatic hydroxyl groups is 1. The summed E-state index contributed by atoms with van der Waals surface area (Å²) in [6.07, 6.45) is 1.10. The fourth-order valence-electron chi connectivity index (χ4n) is 2.00. The van der Waals surface area contributed by atoms with E-state index in [0.29, 0.717) is 5.69 Å². The Morgan fingerprint density at radius 1 is 1.21 bits per heavy atom. The molecule has 0 radical (unpaired) electrons. The van der Waals surface area contributed by atoms with Gasteiger partial charge in [0.25, 0.3) is 0 Å². The van der Waals surface area contributed by atoms with Crippen LogP contribution in [0.2, 0.25) is 0 Å². The molecule has 1 aromatic carbocycles. The number of nitrogens with zero attached hydrogens (tertiary/aromatic N) is 4. The average Bonchev–Trinajstić information content (AvgIpc) is 2.87. The highest BCUT2D eigenvalue weighted by atomic mass is 16.3. The van der Waals surface area contributed by atoms with E-state index in [4.69, 9.17) is 0 Å². The van der Waals surface area contributed by atoms with Crippen molar-refractivity contribution >= 4 is 10.9 Å². The van der Waals surface area contributed by atoms with E-state index in [2.05, 4.69) is 15.3 Å². The number of pyridine rings is 1. The number of aryl methyl sites for hydroxylation is 1. The number of benzene rings is 1. The Morgan fingerprint density at radius 2 is 2.05 bits per heavy atom. The first-order chi connectivity index (χ1) is 9.15. The van der Waals surface area contributed by atoms with Gasteiger partial charge in [0.2, 0.25) is 0 Å². The molecular formula is C14H14N4O. The van der Waals surface area contributed by atoms with Gasteiger partial charge < -0.3 is 5.11 Å². The number of hydrogen-bond acceptors (Lipinski definition) is 4. The summed E-state index contributed by atoms with van der Waals surface area (Å²) >= 11 is 0. The number of fused-ring (bicyclic) bond motifs is 1. The number of rotatable bonds is 2. The lowest BCUT2D eigenvalue weighted by Gasteiger charge is -2.05. The maximum atomic E-state index is 9.51. The van der Waals surface area contributed by atoms with Gasteiger partial charge in [0.05, 0.1) is 23.5 Å². The Balaban J connectivity index is 2.20. The van der Waals surface area contributed by atoms with Gasteiger partial charge in [-0.1, -0.05) is 23.4 Å². The lowest BCUT2D eigenvalue weighted by molar-refractivity contribution is 0.194. The van der Waals surface area contributed by atoms with Crippen LogP contribution in [0.5, 0.6) is 0 Å². The summed E-state index contributed by atoms with van der Waals surface area (Å²) in [6.45, 7) is 3.62. The standard InChI is InChI=1S/C14H14N4O/c1-9-6-7-11-4-3-5-13(14(11)15-9)18-8-12(10(2)19)16-17-18/h3-8,10,19H,1-2H3. The van der Waals surface area contributed by atoms with Crippen molar-refractivity contribution in [3.05, 3.63) is 47.9 Å². The first-order valence-corrected chi connectivity index (χ1v) is 6.12. The van der Waals surface area contributed by atoms with Gasteiger partial charge in [-0.25, -0.2) is 4.68 Å². The zero-order valence-corrected chi connectivity index (χ0v) is 10.8. The predicted molar refractivity (Wildman–Crippen MR) is 72.0 cm³/mol. The molecule has 0 amide bonds. The SMILES string of the molecule is Cc1ccc2cccc(-n3cc(C(C)O)nn3)c2n1. The summed E-state index contributed by atoms with van der Waals surface area (Å²) in [5.74, 6) is 0. The fourth-order valence-corrected chi connectivity index (χ4v) is 2.00. The first-order valence-electron chi connectivity index (χ1n) is 6.12. The third-order valence-corrected chi connectivity index (χ3v) is 3.02. The Hall–Kier alpha value is -2.27. The minimum absolute atomic E-state index is 0.546. The summed E-state index contributed by atoms with van der Waals surface area (Å²) < 4.78 is 1.65. The van der Waals surface area contributed by atoms with Crippen LogP contribution >= 0.6 is 0 Å². The first kappa shape index (κ1) is 11.8. The maximum Gasteiger partial charge on any atom is 0.111 e. The van der Waals surface area contributed by atoms with Gasteiger partial charge in [-0.15, -0.1) is 5.10 Å². The summed E-state index contributed by atoms with van der Waals surface area (Å²) in [5.41, 5.74) is 3.24. The summed E-state index contributed by atoms with van der Waals surface area (Å²) in [5, 5.41) is 18.6. The molecule has 0 spiro atoms. The van der Waals surface area contributed by atoms with Gasteiger partial charge in [0.15, 0.2) is 0 Å². The van der Waals surface area contributed by atoms with E-state index in [0.717, 1.165) is 22.3 Å². The van der Waals surface area contributed by atoms with Crippen LogP contribution in [-0.2, 0) is 0 Å². The summed E-state index contributed by atoms with van der Waals surface area (Å²) in [7, 11) is 0. The normalized spacial score (nSPS) is 12.8. The van der Waals surface area contributed by atoms with Crippen LogP contribution in [0.4, 0.5) is 0 Å².